The number of hydrogen-bond donors (Lipinski definition) is 1. The molecule has 1 rings (SSSR count). The van der Waals surface area contributed by atoms with Crippen molar-refractivity contribution in [1.82, 2.24) is 0 Å². The van der Waals surface area contributed by atoms with E-state index in [-0.39, 0.29) is 18.1 Å². The summed E-state index contributed by atoms with van der Waals surface area (Å²) in [5.74, 6) is -0.0385. The third kappa shape index (κ3) is 2.90. The van der Waals surface area contributed by atoms with E-state index < -0.39 is 0 Å². The number of Topliss-reactive ketones (excluding diaryl/α,β-unsaturated/α-hetero) is 1. The van der Waals surface area contributed by atoms with Gasteiger partial charge in [-0.3, -0.25) is 4.79 Å². The molecule has 0 atom stereocenters. The van der Waals surface area contributed by atoms with Crippen LogP contribution >= 0.6 is 35.8 Å². The maximum atomic E-state index is 11.1. The highest BCUT2D eigenvalue weighted by atomic mass is 35.5. The second kappa shape index (κ2) is 4.89. The summed E-state index contributed by atoms with van der Waals surface area (Å²) in [7, 11) is 0. The summed E-state index contributed by atoms with van der Waals surface area (Å²) in [6, 6.07) is 5.32. The van der Waals surface area contributed by atoms with E-state index in [2.05, 4.69) is 12.6 Å². The van der Waals surface area contributed by atoms with Crippen LogP contribution in [0.2, 0.25) is 5.02 Å². The van der Waals surface area contributed by atoms with Gasteiger partial charge in [-0.15, -0.1) is 24.2 Å². The molecule has 0 aliphatic rings. The minimum atomic E-state index is -0.0509. The van der Waals surface area contributed by atoms with E-state index in [1.807, 2.05) is 0 Å². The molecule has 0 fully saturated rings. The molecule has 0 heterocycles. The Morgan fingerprint density at radius 3 is 2.69 bits per heavy atom. The van der Waals surface area contributed by atoms with E-state index in [1.165, 1.54) is 0 Å². The lowest BCUT2D eigenvalue weighted by Crippen LogP contribution is -2.04. The van der Waals surface area contributed by atoms with Crippen molar-refractivity contribution in [2.24, 2.45) is 0 Å². The molecule has 1 nitrogen and oxygen atoms in total. The van der Waals surface area contributed by atoms with Crippen LogP contribution in [-0.4, -0.2) is 11.7 Å². The number of halogens is 2. The number of rotatable bonds is 3. The number of alkyl halides is 1. The van der Waals surface area contributed by atoms with Gasteiger partial charge in [-0.2, -0.15) is 0 Å². The van der Waals surface area contributed by atoms with Gasteiger partial charge in [0.05, 0.1) is 5.88 Å². The molecular formula is C9H8Cl2OS. The molecule has 0 bridgehead atoms. The number of thiol groups is 1. The molecule has 0 radical (unpaired) electrons. The topological polar surface area (TPSA) is 17.1 Å². The molecule has 1 aromatic rings. The molecule has 0 spiro atoms. The van der Waals surface area contributed by atoms with E-state index in [1.54, 1.807) is 18.2 Å². The first-order chi connectivity index (χ1) is 6.15. The van der Waals surface area contributed by atoms with Crippen molar-refractivity contribution in [2.75, 3.05) is 5.88 Å². The van der Waals surface area contributed by atoms with Crippen LogP contribution in [0, 0.1) is 0 Å². The highest BCUT2D eigenvalue weighted by Crippen LogP contribution is 2.23. The quantitative estimate of drug-likeness (QED) is 0.629. The maximum absolute atomic E-state index is 11.1. The zero-order valence-corrected chi connectivity index (χ0v) is 9.16. The predicted molar refractivity (Wildman–Crippen MR) is 58.1 cm³/mol. The van der Waals surface area contributed by atoms with Crippen molar-refractivity contribution < 1.29 is 4.79 Å². The van der Waals surface area contributed by atoms with Crippen LogP contribution in [0.1, 0.15) is 5.56 Å². The molecule has 0 unspecified atom stereocenters. The van der Waals surface area contributed by atoms with Crippen LogP contribution in [0.15, 0.2) is 23.1 Å². The molecule has 0 saturated carbocycles. The smallest absolute Gasteiger partial charge is 0.152 e. The van der Waals surface area contributed by atoms with Crippen LogP contribution in [0.25, 0.3) is 0 Å². The minimum absolute atomic E-state index is 0.0123. The first-order valence-electron chi connectivity index (χ1n) is 3.69. The van der Waals surface area contributed by atoms with E-state index in [4.69, 9.17) is 23.2 Å². The fourth-order valence-electron chi connectivity index (χ4n) is 0.967. The van der Waals surface area contributed by atoms with E-state index in [9.17, 15) is 4.79 Å². The van der Waals surface area contributed by atoms with Crippen molar-refractivity contribution in [2.45, 2.75) is 11.3 Å². The second-order valence-electron chi connectivity index (χ2n) is 2.59. The first kappa shape index (κ1) is 10.9. The molecule has 0 aliphatic heterocycles. The van der Waals surface area contributed by atoms with Gasteiger partial charge >= 0.3 is 0 Å². The van der Waals surface area contributed by atoms with E-state index in [0.29, 0.717) is 5.02 Å². The number of benzene rings is 1. The number of hydrogen-bond acceptors (Lipinski definition) is 2. The normalized spacial score (nSPS) is 10.1. The Bertz CT molecular complexity index is 305. The second-order valence-corrected chi connectivity index (χ2v) is 3.74. The summed E-state index contributed by atoms with van der Waals surface area (Å²) in [4.78, 5) is 11.8. The lowest BCUT2D eigenvalue weighted by molar-refractivity contribution is -0.116. The average Bonchev–Trinajstić information content (AvgIpc) is 2.11. The van der Waals surface area contributed by atoms with Gasteiger partial charge in [-0.1, -0.05) is 17.7 Å². The van der Waals surface area contributed by atoms with Crippen LogP contribution < -0.4 is 0 Å². The highest BCUT2D eigenvalue weighted by Gasteiger charge is 2.08. The Morgan fingerprint density at radius 2 is 2.15 bits per heavy atom. The summed E-state index contributed by atoms with van der Waals surface area (Å²) in [5, 5.41) is 0.561. The van der Waals surface area contributed by atoms with Crippen molar-refractivity contribution in [1.29, 1.82) is 0 Å². The highest BCUT2D eigenvalue weighted by molar-refractivity contribution is 7.80. The van der Waals surface area contributed by atoms with Gasteiger partial charge in [0.15, 0.2) is 5.78 Å². The SMILES string of the molecule is O=C(CCl)Cc1c(S)cccc1Cl. The fourth-order valence-corrected chi connectivity index (χ4v) is 1.65. The van der Waals surface area contributed by atoms with Gasteiger partial charge in [0.2, 0.25) is 0 Å². The number of carbonyl (C=O) groups excluding carboxylic acids is 1. The van der Waals surface area contributed by atoms with Crippen LogP contribution in [0.5, 0.6) is 0 Å². The molecule has 1 aromatic carbocycles. The van der Waals surface area contributed by atoms with Crippen molar-refractivity contribution in [3.8, 4) is 0 Å². The van der Waals surface area contributed by atoms with E-state index >= 15 is 0 Å². The summed E-state index contributed by atoms with van der Waals surface area (Å²) < 4.78 is 0. The van der Waals surface area contributed by atoms with Gasteiger partial charge < -0.3 is 0 Å². The summed E-state index contributed by atoms with van der Waals surface area (Å²) >= 11 is 15.5. The Hall–Kier alpha value is -0.180. The molecule has 0 amide bonds. The average molecular weight is 235 g/mol. The largest absolute Gasteiger partial charge is 0.298 e. The third-order valence-electron chi connectivity index (χ3n) is 1.62. The lowest BCUT2D eigenvalue weighted by Gasteiger charge is -2.04. The lowest BCUT2D eigenvalue weighted by atomic mass is 10.1. The van der Waals surface area contributed by atoms with Gasteiger partial charge in [0.25, 0.3) is 0 Å². The molecule has 13 heavy (non-hydrogen) atoms. The van der Waals surface area contributed by atoms with Crippen LogP contribution in [0.3, 0.4) is 0 Å². The first-order valence-corrected chi connectivity index (χ1v) is 5.05. The summed E-state index contributed by atoms with van der Waals surface area (Å²) in [6.45, 7) is 0. The Kier molecular flexibility index (Phi) is 4.10. The number of carbonyl (C=O) groups is 1. The molecule has 0 aliphatic carbocycles. The van der Waals surface area contributed by atoms with Crippen molar-refractivity contribution in [3.63, 3.8) is 0 Å². The van der Waals surface area contributed by atoms with Gasteiger partial charge in [0.1, 0.15) is 0 Å². The number of ketones is 1. The van der Waals surface area contributed by atoms with Crippen molar-refractivity contribution in [3.05, 3.63) is 28.8 Å². The van der Waals surface area contributed by atoms with Gasteiger partial charge in [0, 0.05) is 16.3 Å². The summed E-state index contributed by atoms with van der Waals surface area (Å²) in [5.41, 5.74) is 0.748. The predicted octanol–water partition coefficient (Wildman–Crippen LogP) is 2.98. The zero-order chi connectivity index (χ0) is 9.84. The van der Waals surface area contributed by atoms with Gasteiger partial charge in [-0.25, -0.2) is 0 Å². The molecule has 0 aromatic heterocycles. The van der Waals surface area contributed by atoms with Crippen molar-refractivity contribution >= 4 is 41.6 Å². The Morgan fingerprint density at radius 1 is 1.46 bits per heavy atom. The minimum Gasteiger partial charge on any atom is -0.298 e. The Balaban J connectivity index is 2.93. The molecule has 0 saturated heterocycles. The third-order valence-corrected chi connectivity index (χ3v) is 2.69. The summed E-state index contributed by atoms with van der Waals surface area (Å²) in [6.07, 6.45) is 0.252. The van der Waals surface area contributed by atoms with Crippen LogP contribution in [0.4, 0.5) is 0 Å². The maximum Gasteiger partial charge on any atom is 0.152 e. The van der Waals surface area contributed by atoms with Crippen LogP contribution in [-0.2, 0) is 11.2 Å². The molecule has 0 N–H and O–H groups in total. The molecular weight excluding hydrogens is 227 g/mol. The van der Waals surface area contributed by atoms with Gasteiger partial charge in [-0.05, 0) is 17.7 Å². The zero-order valence-electron chi connectivity index (χ0n) is 6.76. The molecule has 4 heteroatoms. The standard InChI is InChI=1S/C9H8Cl2OS/c10-5-6(12)4-7-8(11)2-1-3-9(7)13/h1-3,13H,4-5H2. The molecule has 70 valence electrons. The van der Waals surface area contributed by atoms with E-state index in [0.717, 1.165) is 10.5 Å². The Labute approximate surface area is 92.4 Å². The monoisotopic (exact) mass is 234 g/mol. The fraction of sp³-hybridized carbons (Fsp3) is 0.222.